The predicted octanol–water partition coefficient (Wildman–Crippen LogP) is 4.01. The van der Waals surface area contributed by atoms with Crippen molar-refractivity contribution in [1.29, 1.82) is 0 Å². The van der Waals surface area contributed by atoms with Crippen LogP contribution in [0.25, 0.3) is 0 Å². The zero-order valence-electron chi connectivity index (χ0n) is 24.1. The molecule has 12 heteroatoms. The Balaban J connectivity index is 0.000000220. The van der Waals surface area contributed by atoms with Gasteiger partial charge in [-0.1, -0.05) is 38.5 Å². The van der Waals surface area contributed by atoms with Crippen molar-refractivity contribution in [3.8, 4) is 0 Å². The first kappa shape index (κ1) is 33.2. The van der Waals surface area contributed by atoms with Gasteiger partial charge in [-0.05, 0) is 65.2 Å². The maximum atomic E-state index is 12.8. The van der Waals surface area contributed by atoms with Crippen LogP contribution in [0.2, 0.25) is 0 Å². The normalized spacial score (nSPS) is 25.9. The molecule has 1 N–H and O–H groups in total. The molecule has 10 nitrogen and oxygen atoms in total. The zero-order valence-corrected chi connectivity index (χ0v) is 25.8. The second-order valence-corrected chi connectivity index (χ2v) is 17.8. The fraction of sp³-hybridized carbons (Fsp3) is 0.929. The number of carboxylic acid groups (broad SMARTS) is 1. The average Bonchev–Trinajstić information content (AvgIpc) is 2.90. The number of rotatable bonds is 8. The Bertz CT molecular complexity index is 1040. The van der Waals surface area contributed by atoms with Gasteiger partial charge in [-0.25, -0.2) is 21.6 Å². The van der Waals surface area contributed by atoms with Crippen LogP contribution in [0.1, 0.15) is 104 Å². The highest BCUT2D eigenvalue weighted by atomic mass is 32.2. The molecule has 2 heterocycles. The van der Waals surface area contributed by atoms with Crippen molar-refractivity contribution < 1.29 is 41.0 Å². The van der Waals surface area contributed by atoms with Gasteiger partial charge in [-0.3, -0.25) is 4.79 Å². The summed E-state index contributed by atoms with van der Waals surface area (Å²) in [5, 5.41) is 9.55. The highest BCUT2D eigenvalue weighted by Crippen LogP contribution is 2.42. The Morgan fingerprint density at radius 3 is 1.50 bits per heavy atom. The molecule has 0 unspecified atom stereocenters. The summed E-state index contributed by atoms with van der Waals surface area (Å²) in [6.07, 6.45) is 11.4. The van der Waals surface area contributed by atoms with Crippen molar-refractivity contribution in [2.75, 3.05) is 37.9 Å². The third-order valence-corrected chi connectivity index (χ3v) is 15.5. The largest absolute Gasteiger partial charge is 0.481 e. The Labute approximate surface area is 239 Å². The molecule has 2 aliphatic heterocycles. The molecule has 2 saturated heterocycles. The van der Waals surface area contributed by atoms with E-state index in [9.17, 15) is 31.5 Å². The van der Waals surface area contributed by atoms with Crippen molar-refractivity contribution in [2.45, 2.75) is 119 Å². The Morgan fingerprint density at radius 1 is 0.700 bits per heavy atom. The lowest BCUT2D eigenvalue weighted by Gasteiger charge is -2.38. The van der Waals surface area contributed by atoms with Crippen LogP contribution in [-0.4, -0.2) is 87.0 Å². The van der Waals surface area contributed by atoms with Gasteiger partial charge in [0.1, 0.15) is 0 Å². The number of nitrogens with zero attached hydrogens (tertiary/aromatic N) is 1. The molecule has 4 fully saturated rings. The van der Waals surface area contributed by atoms with E-state index < -0.39 is 46.1 Å². The molecular weight excluding hydrogens is 558 g/mol. The second kappa shape index (κ2) is 13.3. The first-order valence-corrected chi connectivity index (χ1v) is 18.0. The molecule has 0 atom stereocenters. The third-order valence-electron chi connectivity index (χ3n) is 9.86. The summed E-state index contributed by atoms with van der Waals surface area (Å²) in [6, 6.07) is 0. The van der Waals surface area contributed by atoms with E-state index in [2.05, 4.69) is 4.99 Å². The van der Waals surface area contributed by atoms with Gasteiger partial charge in [0, 0.05) is 26.4 Å². The summed E-state index contributed by atoms with van der Waals surface area (Å²) in [4.78, 5) is 26.3. The van der Waals surface area contributed by atoms with Gasteiger partial charge in [-0.2, -0.15) is 4.99 Å². The lowest BCUT2D eigenvalue weighted by Crippen LogP contribution is -2.48. The van der Waals surface area contributed by atoms with E-state index in [4.69, 9.17) is 9.47 Å². The Hall–Kier alpha value is -1.33. The molecule has 4 aliphatic rings. The van der Waals surface area contributed by atoms with Crippen molar-refractivity contribution in [3.05, 3.63) is 0 Å². The summed E-state index contributed by atoms with van der Waals surface area (Å²) >= 11 is 0. The quantitative estimate of drug-likeness (QED) is 0.319. The molecule has 0 aromatic carbocycles. The molecule has 230 valence electrons. The summed E-state index contributed by atoms with van der Waals surface area (Å²) in [5.74, 6) is -1.19. The van der Waals surface area contributed by atoms with Crippen LogP contribution < -0.4 is 0 Å². The smallest absolute Gasteiger partial charge is 0.310 e. The van der Waals surface area contributed by atoms with Crippen LogP contribution in [0, 0.1) is 5.41 Å². The number of carbonyl (C=O) groups is 1. The average molecular weight is 606 g/mol. The van der Waals surface area contributed by atoms with Gasteiger partial charge in [-0.15, -0.1) is 0 Å². The molecule has 0 amide bonds. The van der Waals surface area contributed by atoms with Gasteiger partial charge in [0.2, 0.25) is 6.08 Å². The minimum absolute atomic E-state index is 0.0221. The van der Waals surface area contributed by atoms with Crippen LogP contribution in [0.15, 0.2) is 4.99 Å². The maximum absolute atomic E-state index is 12.8. The SMILES string of the molecule is CC1(S(=O)(=O)CC2(C(=O)O)CCCCC2)CCOCC1.CC1(S(=O)(=O)CC2(N=C=O)CCCCC2)CCOCC1. The topological polar surface area (TPSA) is 153 Å². The Morgan fingerprint density at radius 2 is 1.10 bits per heavy atom. The van der Waals surface area contributed by atoms with Crippen molar-refractivity contribution in [2.24, 2.45) is 10.4 Å². The molecular formula is C28H47NO9S2. The number of hydrogen-bond donors (Lipinski definition) is 1. The maximum Gasteiger partial charge on any atom is 0.310 e. The van der Waals surface area contributed by atoms with Gasteiger partial charge in [0.25, 0.3) is 0 Å². The van der Waals surface area contributed by atoms with Crippen LogP contribution >= 0.6 is 0 Å². The summed E-state index contributed by atoms with van der Waals surface area (Å²) in [6.45, 7) is 5.39. The standard InChI is InChI=1S/C14H23NO4S.C14H24O5S/c1-13(7-9-19-10-8-13)20(17,18)11-14(15-12-16)5-3-2-4-6-14;1-13(7-9-19-10-8-13)20(17,18)11-14(12(15)16)5-3-2-4-6-14/h2-11H2,1H3;2-11H2,1H3,(H,15,16). The van der Waals surface area contributed by atoms with E-state index in [0.717, 1.165) is 38.5 Å². The summed E-state index contributed by atoms with van der Waals surface area (Å²) in [5.41, 5.74) is -1.81. The molecule has 40 heavy (non-hydrogen) atoms. The van der Waals surface area contributed by atoms with Gasteiger partial charge in [0.15, 0.2) is 19.7 Å². The molecule has 0 radical (unpaired) electrons. The van der Waals surface area contributed by atoms with Crippen molar-refractivity contribution in [1.82, 2.24) is 0 Å². The van der Waals surface area contributed by atoms with E-state index in [1.165, 1.54) is 0 Å². The highest BCUT2D eigenvalue weighted by molar-refractivity contribution is 7.93. The number of hydrogen-bond acceptors (Lipinski definition) is 9. The van der Waals surface area contributed by atoms with E-state index in [1.54, 1.807) is 19.9 Å². The van der Waals surface area contributed by atoms with Gasteiger partial charge >= 0.3 is 5.97 Å². The van der Waals surface area contributed by atoms with E-state index in [0.29, 0.717) is 77.8 Å². The fourth-order valence-corrected chi connectivity index (χ4v) is 11.0. The van der Waals surface area contributed by atoms with Crippen LogP contribution in [-0.2, 0) is 38.7 Å². The van der Waals surface area contributed by atoms with Crippen molar-refractivity contribution >= 4 is 31.7 Å². The monoisotopic (exact) mass is 605 g/mol. The molecule has 4 rings (SSSR count). The lowest BCUT2D eigenvalue weighted by molar-refractivity contribution is -0.149. The van der Waals surface area contributed by atoms with Gasteiger partial charge in [0.05, 0.1) is 32.0 Å². The molecule has 0 aromatic rings. The molecule has 2 saturated carbocycles. The number of carboxylic acids is 1. The number of ether oxygens (including phenoxy) is 2. The number of aliphatic imine (C=N–C) groups is 1. The lowest BCUT2D eigenvalue weighted by atomic mass is 9.76. The summed E-state index contributed by atoms with van der Waals surface area (Å²) in [7, 11) is -6.76. The van der Waals surface area contributed by atoms with Crippen LogP contribution in [0.5, 0.6) is 0 Å². The molecule has 2 aliphatic carbocycles. The number of aliphatic carboxylic acids is 1. The number of carbonyl (C=O) groups excluding carboxylic acids is 1. The first-order chi connectivity index (χ1) is 18.7. The van der Waals surface area contributed by atoms with E-state index >= 15 is 0 Å². The van der Waals surface area contributed by atoms with Crippen LogP contribution in [0.3, 0.4) is 0 Å². The second-order valence-electron chi connectivity index (χ2n) is 12.8. The fourth-order valence-electron chi connectivity index (χ4n) is 6.54. The Kier molecular flexibility index (Phi) is 11.0. The van der Waals surface area contributed by atoms with Crippen molar-refractivity contribution in [3.63, 3.8) is 0 Å². The highest BCUT2D eigenvalue weighted by Gasteiger charge is 2.50. The minimum atomic E-state index is -3.45. The minimum Gasteiger partial charge on any atom is -0.481 e. The zero-order chi connectivity index (χ0) is 29.5. The first-order valence-electron chi connectivity index (χ1n) is 14.7. The van der Waals surface area contributed by atoms with Crippen LogP contribution in [0.4, 0.5) is 0 Å². The summed E-state index contributed by atoms with van der Waals surface area (Å²) < 4.78 is 60.1. The van der Waals surface area contributed by atoms with E-state index in [-0.39, 0.29) is 11.5 Å². The predicted molar refractivity (Wildman–Crippen MR) is 152 cm³/mol. The molecule has 0 aromatic heterocycles. The van der Waals surface area contributed by atoms with Gasteiger partial charge < -0.3 is 14.6 Å². The number of isocyanates is 1. The molecule has 0 bridgehead atoms. The number of sulfone groups is 2. The third kappa shape index (κ3) is 7.54. The molecule has 0 spiro atoms. The van der Waals surface area contributed by atoms with E-state index in [1.807, 2.05) is 0 Å².